The Bertz CT molecular complexity index is 1420. The average molecular weight is 514 g/mol. The highest BCUT2D eigenvalue weighted by Crippen LogP contribution is 2.52. The van der Waals surface area contributed by atoms with Gasteiger partial charge in [-0.2, -0.15) is 0 Å². The first-order valence-electron chi connectivity index (χ1n) is 11.0. The normalized spacial score (nSPS) is 22.5. The molecule has 0 aliphatic carbocycles. The fraction of sp³-hybridized carbons (Fsp3) is 0.333. The number of hydrogen-bond donors (Lipinski definition) is 3. The van der Waals surface area contributed by atoms with Crippen molar-refractivity contribution in [2.45, 2.75) is 37.4 Å². The second-order valence-corrected chi connectivity index (χ2v) is 10.6. The largest absolute Gasteiger partial charge is 0.478 e. The van der Waals surface area contributed by atoms with Crippen LogP contribution in [0.2, 0.25) is 0 Å². The van der Waals surface area contributed by atoms with E-state index in [1.54, 1.807) is 37.5 Å². The van der Waals surface area contributed by atoms with Crippen LogP contribution in [0.3, 0.4) is 0 Å². The van der Waals surface area contributed by atoms with Crippen LogP contribution in [0, 0.1) is 11.8 Å². The minimum atomic E-state index is -1.20. The fourth-order valence-electron chi connectivity index (χ4n) is 5.32. The quantitative estimate of drug-likeness (QED) is 0.324. The molecule has 2 aromatic heterocycles. The summed E-state index contributed by atoms with van der Waals surface area (Å²) in [7, 11) is 0. The van der Waals surface area contributed by atoms with E-state index in [0.717, 1.165) is 15.6 Å². The standard InChI is InChI=1S/C24H23N3O6S2/c1-10-15(18(24(32)33)27-17(10)16(11(2)28)21(27)29)19-14(26-9-25-20(34-3)22(26)35-19)8-12-6-4-5-7-13(12)23(30)31/h4-7,9-11,16-17,28H,8H2,1-3H3,(H,30,31)(H,32,33)/t10-,11+,16+,17+/m0/s1. The number of β-lactam (4-membered cyclic amide) rings is 1. The zero-order chi connectivity index (χ0) is 25.2. The SMILES string of the molecule is CSc1ncn2c(Cc3ccccc3C(=O)O)c(C3=C(C(=O)O)N4C(=O)[C@H]([C@@H](C)O)[C@H]4[C@H]3C)sc12. The van der Waals surface area contributed by atoms with Gasteiger partial charge in [-0.15, -0.1) is 23.1 Å². The van der Waals surface area contributed by atoms with Gasteiger partial charge in [-0.3, -0.25) is 9.20 Å². The van der Waals surface area contributed by atoms with Crippen LogP contribution in [-0.4, -0.2) is 65.9 Å². The molecule has 0 saturated carbocycles. The number of thioether (sulfide) groups is 1. The summed E-state index contributed by atoms with van der Waals surface area (Å²) in [6.07, 6.45) is 2.91. The molecule has 1 saturated heterocycles. The third kappa shape index (κ3) is 3.40. The Morgan fingerprint density at radius 3 is 2.57 bits per heavy atom. The molecule has 3 aromatic rings. The van der Waals surface area contributed by atoms with Gasteiger partial charge in [0.2, 0.25) is 5.91 Å². The highest BCUT2D eigenvalue weighted by molar-refractivity contribution is 7.98. The van der Waals surface area contributed by atoms with E-state index in [0.29, 0.717) is 16.0 Å². The number of carboxylic acids is 2. The Hall–Kier alpha value is -3.15. The van der Waals surface area contributed by atoms with Crippen LogP contribution >= 0.6 is 23.1 Å². The Labute approximate surface area is 208 Å². The van der Waals surface area contributed by atoms with Crippen molar-refractivity contribution >= 4 is 51.3 Å². The molecule has 2 aliphatic rings. The van der Waals surface area contributed by atoms with Crippen molar-refractivity contribution in [2.75, 3.05) is 6.26 Å². The molecule has 1 fully saturated rings. The first-order valence-corrected chi connectivity index (χ1v) is 13.0. The minimum absolute atomic E-state index is 0.0691. The molecule has 35 heavy (non-hydrogen) atoms. The molecule has 0 bridgehead atoms. The van der Waals surface area contributed by atoms with Gasteiger partial charge in [0.15, 0.2) is 0 Å². The van der Waals surface area contributed by atoms with Crippen molar-refractivity contribution in [1.82, 2.24) is 14.3 Å². The molecule has 1 amide bonds. The number of nitrogens with zero attached hydrogens (tertiary/aromatic N) is 3. The van der Waals surface area contributed by atoms with E-state index in [9.17, 15) is 29.7 Å². The summed E-state index contributed by atoms with van der Waals surface area (Å²) in [5.74, 6) is -3.64. The fourth-order valence-corrected chi connectivity index (χ4v) is 7.39. The summed E-state index contributed by atoms with van der Waals surface area (Å²) in [5.41, 5.74) is 1.94. The van der Waals surface area contributed by atoms with Gasteiger partial charge < -0.3 is 20.2 Å². The second kappa shape index (κ2) is 8.51. The zero-order valence-corrected chi connectivity index (χ0v) is 20.8. The number of imidazole rings is 1. The molecule has 4 atom stereocenters. The number of amides is 1. The van der Waals surface area contributed by atoms with E-state index >= 15 is 0 Å². The molecule has 0 unspecified atom stereocenters. The number of rotatable bonds is 7. The van der Waals surface area contributed by atoms with Crippen molar-refractivity contribution in [2.24, 2.45) is 11.8 Å². The highest BCUT2D eigenvalue weighted by atomic mass is 32.2. The number of carbonyl (C=O) groups is 3. The Balaban J connectivity index is 1.73. The molecule has 3 N–H and O–H groups in total. The smallest absolute Gasteiger partial charge is 0.352 e. The van der Waals surface area contributed by atoms with Crippen molar-refractivity contribution in [3.63, 3.8) is 0 Å². The Kier molecular flexibility index (Phi) is 5.73. The Morgan fingerprint density at radius 1 is 1.23 bits per heavy atom. The van der Waals surface area contributed by atoms with Gasteiger partial charge in [0.05, 0.1) is 28.5 Å². The van der Waals surface area contributed by atoms with Crippen LogP contribution in [-0.2, 0) is 16.0 Å². The predicted octanol–water partition coefficient (Wildman–Crippen LogP) is 3.06. The van der Waals surface area contributed by atoms with Crippen LogP contribution in [0.1, 0.15) is 40.3 Å². The van der Waals surface area contributed by atoms with E-state index in [1.165, 1.54) is 28.0 Å². The number of aromatic carboxylic acids is 1. The maximum absolute atomic E-state index is 12.8. The summed E-state index contributed by atoms with van der Waals surface area (Å²) in [6.45, 7) is 3.42. The van der Waals surface area contributed by atoms with Crippen molar-refractivity contribution in [3.05, 3.63) is 58.0 Å². The van der Waals surface area contributed by atoms with E-state index in [4.69, 9.17) is 0 Å². The Morgan fingerprint density at radius 2 is 1.94 bits per heavy atom. The molecule has 5 rings (SSSR count). The lowest BCUT2D eigenvalue weighted by molar-refractivity contribution is -0.163. The predicted molar refractivity (Wildman–Crippen MR) is 131 cm³/mol. The van der Waals surface area contributed by atoms with Crippen LogP contribution < -0.4 is 0 Å². The lowest BCUT2D eigenvalue weighted by Gasteiger charge is -2.46. The number of aromatic nitrogens is 2. The van der Waals surface area contributed by atoms with Gasteiger partial charge in [-0.1, -0.05) is 25.1 Å². The first-order chi connectivity index (χ1) is 16.7. The van der Waals surface area contributed by atoms with Gasteiger partial charge in [-0.25, -0.2) is 14.6 Å². The molecule has 4 heterocycles. The van der Waals surface area contributed by atoms with Crippen LogP contribution in [0.15, 0.2) is 41.3 Å². The van der Waals surface area contributed by atoms with Crippen LogP contribution in [0.4, 0.5) is 0 Å². The summed E-state index contributed by atoms with van der Waals surface area (Å²) < 4.78 is 1.88. The number of aliphatic hydroxyl groups is 1. The van der Waals surface area contributed by atoms with Crippen molar-refractivity contribution in [3.8, 4) is 0 Å². The number of hydrogen-bond acceptors (Lipinski definition) is 7. The number of benzene rings is 1. The van der Waals surface area contributed by atoms with Crippen LogP contribution in [0.5, 0.6) is 0 Å². The molecular formula is C24H23N3O6S2. The molecular weight excluding hydrogens is 490 g/mol. The number of aliphatic hydroxyl groups excluding tert-OH is 1. The van der Waals surface area contributed by atoms with E-state index in [-0.39, 0.29) is 23.6 Å². The maximum atomic E-state index is 12.8. The molecule has 0 radical (unpaired) electrons. The van der Waals surface area contributed by atoms with Gasteiger partial charge in [-0.05, 0) is 24.8 Å². The van der Waals surface area contributed by atoms with Crippen LogP contribution in [0.25, 0.3) is 10.4 Å². The van der Waals surface area contributed by atoms with Crippen molar-refractivity contribution < 1.29 is 29.7 Å². The maximum Gasteiger partial charge on any atom is 0.352 e. The molecule has 2 aliphatic heterocycles. The number of thiazole rings is 1. The van der Waals surface area contributed by atoms with E-state index < -0.39 is 35.9 Å². The average Bonchev–Trinajstić information content (AvgIpc) is 3.43. The first kappa shape index (κ1) is 23.6. The summed E-state index contributed by atoms with van der Waals surface area (Å²) >= 11 is 2.85. The van der Waals surface area contributed by atoms with Gasteiger partial charge >= 0.3 is 11.9 Å². The monoisotopic (exact) mass is 513 g/mol. The summed E-state index contributed by atoms with van der Waals surface area (Å²) in [4.78, 5) is 44.4. The molecule has 182 valence electrons. The second-order valence-electron chi connectivity index (χ2n) is 8.77. The minimum Gasteiger partial charge on any atom is -0.478 e. The van der Waals surface area contributed by atoms with Gasteiger partial charge in [0, 0.05) is 23.6 Å². The molecule has 1 aromatic carbocycles. The summed E-state index contributed by atoms with van der Waals surface area (Å²) in [5, 5.41) is 30.8. The highest BCUT2D eigenvalue weighted by Gasteiger charge is 2.60. The number of carbonyl (C=O) groups excluding carboxylic acids is 1. The lowest BCUT2D eigenvalue weighted by Crippen LogP contribution is -2.63. The third-order valence-electron chi connectivity index (χ3n) is 6.86. The summed E-state index contributed by atoms with van der Waals surface area (Å²) in [6, 6.07) is 6.28. The van der Waals surface area contributed by atoms with E-state index in [2.05, 4.69) is 4.98 Å². The van der Waals surface area contributed by atoms with E-state index in [1.807, 2.05) is 17.6 Å². The van der Waals surface area contributed by atoms with Crippen molar-refractivity contribution in [1.29, 1.82) is 0 Å². The molecule has 0 spiro atoms. The zero-order valence-electron chi connectivity index (χ0n) is 19.1. The van der Waals surface area contributed by atoms with Gasteiger partial charge in [0.1, 0.15) is 21.9 Å². The lowest BCUT2D eigenvalue weighted by atomic mass is 9.77. The number of fused-ring (bicyclic) bond motifs is 2. The molecule has 11 heteroatoms. The number of carboxylic acid groups (broad SMARTS) is 2. The topological polar surface area (TPSA) is 132 Å². The molecule has 9 nitrogen and oxygen atoms in total. The van der Waals surface area contributed by atoms with Gasteiger partial charge in [0.25, 0.3) is 0 Å². The number of aliphatic carboxylic acids is 1. The third-order valence-corrected chi connectivity index (χ3v) is 8.92.